The predicted octanol–water partition coefficient (Wildman–Crippen LogP) is 3.96. The first-order valence-electron chi connectivity index (χ1n) is 7.53. The van der Waals surface area contributed by atoms with Crippen molar-refractivity contribution in [2.24, 2.45) is 0 Å². The van der Waals surface area contributed by atoms with E-state index in [1.54, 1.807) is 12.1 Å². The summed E-state index contributed by atoms with van der Waals surface area (Å²) in [4.78, 5) is 11.7. The third kappa shape index (κ3) is 5.30. The van der Waals surface area contributed by atoms with Gasteiger partial charge in [0.05, 0.1) is 5.56 Å². The second kappa shape index (κ2) is 7.86. The Labute approximate surface area is 138 Å². The number of rotatable bonds is 6. The van der Waals surface area contributed by atoms with Gasteiger partial charge in [0, 0.05) is 6.54 Å². The molecule has 0 fully saturated rings. The summed E-state index contributed by atoms with van der Waals surface area (Å²) in [6, 6.07) is 12.1. The molecule has 128 valence electrons. The minimum atomic E-state index is -4.36. The maximum absolute atomic E-state index is 12.5. The molecule has 0 unspecified atom stereocenters. The average molecular weight is 337 g/mol. The lowest BCUT2D eigenvalue weighted by molar-refractivity contribution is -0.137. The van der Waals surface area contributed by atoms with Gasteiger partial charge in [-0.05, 0) is 41.8 Å². The molecule has 0 aliphatic heterocycles. The summed E-state index contributed by atoms with van der Waals surface area (Å²) in [5.74, 6) is 0.256. The van der Waals surface area contributed by atoms with Crippen LogP contribution in [0.2, 0.25) is 0 Å². The van der Waals surface area contributed by atoms with Gasteiger partial charge in [-0.3, -0.25) is 4.79 Å². The van der Waals surface area contributed by atoms with Crippen molar-refractivity contribution in [2.75, 3.05) is 6.61 Å². The number of ether oxygens (including phenoxy) is 1. The number of carbonyl (C=O) groups is 1. The van der Waals surface area contributed by atoms with Crippen LogP contribution in [0, 0.1) is 0 Å². The fourth-order valence-corrected chi connectivity index (χ4v) is 2.03. The molecule has 1 N–H and O–H groups in total. The number of benzene rings is 2. The summed E-state index contributed by atoms with van der Waals surface area (Å²) in [6.45, 7) is 2.05. The lowest BCUT2D eigenvalue weighted by Gasteiger charge is -2.09. The Morgan fingerprint density at radius 3 is 2.12 bits per heavy atom. The van der Waals surface area contributed by atoms with Crippen LogP contribution < -0.4 is 10.1 Å². The lowest BCUT2D eigenvalue weighted by atomic mass is 10.1. The molecule has 6 heteroatoms. The van der Waals surface area contributed by atoms with Crippen molar-refractivity contribution in [3.05, 3.63) is 65.2 Å². The van der Waals surface area contributed by atoms with E-state index in [2.05, 4.69) is 5.32 Å². The molecular weight excluding hydrogens is 319 g/mol. The Kier molecular flexibility index (Phi) is 5.84. The molecule has 0 aliphatic rings. The van der Waals surface area contributed by atoms with Crippen molar-refractivity contribution in [3.63, 3.8) is 0 Å². The van der Waals surface area contributed by atoms with Crippen LogP contribution in [0.5, 0.6) is 5.75 Å². The number of nitrogens with one attached hydrogen (secondary N) is 1. The van der Waals surface area contributed by atoms with E-state index in [1.807, 2.05) is 19.1 Å². The number of hydrogen-bond acceptors (Lipinski definition) is 2. The van der Waals surface area contributed by atoms with Gasteiger partial charge < -0.3 is 10.1 Å². The number of halogens is 3. The topological polar surface area (TPSA) is 38.3 Å². The minimum Gasteiger partial charge on any atom is -0.484 e. The van der Waals surface area contributed by atoms with Crippen LogP contribution in [0.3, 0.4) is 0 Å². The highest BCUT2D eigenvalue weighted by Gasteiger charge is 2.29. The van der Waals surface area contributed by atoms with E-state index in [1.165, 1.54) is 17.7 Å². The first kappa shape index (κ1) is 17.8. The Hall–Kier alpha value is -2.50. The van der Waals surface area contributed by atoms with Gasteiger partial charge in [-0.1, -0.05) is 31.2 Å². The van der Waals surface area contributed by atoms with E-state index in [0.717, 1.165) is 18.6 Å². The Bertz CT molecular complexity index is 664. The number of alkyl halides is 3. The molecule has 0 atom stereocenters. The lowest BCUT2D eigenvalue weighted by Crippen LogP contribution is -2.28. The molecular formula is C18H18F3NO2. The predicted molar refractivity (Wildman–Crippen MR) is 84.6 cm³/mol. The minimum absolute atomic E-state index is 0.147. The fourth-order valence-electron chi connectivity index (χ4n) is 2.03. The second-order valence-corrected chi connectivity index (χ2v) is 5.26. The van der Waals surface area contributed by atoms with Crippen LogP contribution in [0.4, 0.5) is 13.2 Å². The molecule has 2 aromatic carbocycles. The van der Waals surface area contributed by atoms with Gasteiger partial charge in [0.15, 0.2) is 6.61 Å². The molecule has 0 bridgehead atoms. The van der Waals surface area contributed by atoms with E-state index in [9.17, 15) is 18.0 Å². The molecule has 1 amide bonds. The molecule has 3 nitrogen and oxygen atoms in total. The van der Waals surface area contributed by atoms with Crippen molar-refractivity contribution < 1.29 is 22.7 Å². The maximum atomic E-state index is 12.5. The first-order valence-corrected chi connectivity index (χ1v) is 7.53. The third-order valence-electron chi connectivity index (χ3n) is 3.47. The molecule has 0 saturated carbocycles. The van der Waals surface area contributed by atoms with Gasteiger partial charge >= 0.3 is 6.18 Å². The molecule has 0 saturated heterocycles. The average Bonchev–Trinajstić information content (AvgIpc) is 2.58. The van der Waals surface area contributed by atoms with Crippen LogP contribution in [-0.2, 0) is 23.9 Å². The van der Waals surface area contributed by atoms with Gasteiger partial charge in [0.25, 0.3) is 5.91 Å². The van der Waals surface area contributed by atoms with Crippen LogP contribution in [0.15, 0.2) is 48.5 Å². The highest BCUT2D eigenvalue weighted by Crippen LogP contribution is 2.29. The van der Waals surface area contributed by atoms with E-state index in [0.29, 0.717) is 11.3 Å². The molecule has 0 radical (unpaired) electrons. The molecule has 0 spiro atoms. The molecule has 0 aliphatic carbocycles. The van der Waals surface area contributed by atoms with Gasteiger partial charge in [-0.25, -0.2) is 0 Å². The largest absolute Gasteiger partial charge is 0.484 e. The Balaban J connectivity index is 1.78. The molecule has 24 heavy (non-hydrogen) atoms. The zero-order valence-electron chi connectivity index (χ0n) is 13.2. The highest BCUT2D eigenvalue weighted by atomic mass is 19.4. The van der Waals surface area contributed by atoms with Gasteiger partial charge in [-0.15, -0.1) is 0 Å². The van der Waals surface area contributed by atoms with Crippen molar-refractivity contribution in [1.82, 2.24) is 5.32 Å². The van der Waals surface area contributed by atoms with Crippen molar-refractivity contribution >= 4 is 5.91 Å². The van der Waals surface area contributed by atoms with Crippen molar-refractivity contribution in [2.45, 2.75) is 26.1 Å². The van der Waals surface area contributed by atoms with E-state index in [-0.39, 0.29) is 19.1 Å². The summed E-state index contributed by atoms with van der Waals surface area (Å²) >= 11 is 0. The zero-order chi connectivity index (χ0) is 17.6. The number of aryl methyl sites for hydroxylation is 1. The van der Waals surface area contributed by atoms with Gasteiger partial charge in [0.2, 0.25) is 0 Å². The third-order valence-corrected chi connectivity index (χ3v) is 3.47. The van der Waals surface area contributed by atoms with E-state index < -0.39 is 11.7 Å². The summed E-state index contributed by atoms with van der Waals surface area (Å²) < 4.78 is 42.7. The molecule has 0 aromatic heterocycles. The summed E-state index contributed by atoms with van der Waals surface area (Å²) in [5, 5.41) is 2.60. The fraction of sp³-hybridized carbons (Fsp3) is 0.278. The Morgan fingerprint density at radius 2 is 1.58 bits per heavy atom. The summed E-state index contributed by atoms with van der Waals surface area (Å²) in [5.41, 5.74) is 1.05. The van der Waals surface area contributed by atoms with Crippen molar-refractivity contribution in [1.29, 1.82) is 0 Å². The van der Waals surface area contributed by atoms with Gasteiger partial charge in [-0.2, -0.15) is 13.2 Å². The van der Waals surface area contributed by atoms with Crippen molar-refractivity contribution in [3.8, 4) is 5.75 Å². The van der Waals surface area contributed by atoms with Crippen LogP contribution >= 0.6 is 0 Å². The summed E-state index contributed by atoms with van der Waals surface area (Å²) in [6.07, 6.45) is -3.43. The monoisotopic (exact) mass is 337 g/mol. The van der Waals surface area contributed by atoms with E-state index in [4.69, 9.17) is 4.74 Å². The Morgan fingerprint density at radius 1 is 1.00 bits per heavy atom. The maximum Gasteiger partial charge on any atom is 0.416 e. The highest BCUT2D eigenvalue weighted by molar-refractivity contribution is 5.77. The molecule has 2 rings (SSSR count). The van der Waals surface area contributed by atoms with E-state index >= 15 is 0 Å². The standard InChI is InChI=1S/C18H18F3NO2/c1-2-13-5-9-16(10-6-13)24-12-17(23)22-11-14-3-7-15(8-4-14)18(19,20)21/h3-10H,2,11-12H2,1H3,(H,22,23). The molecule has 2 aromatic rings. The zero-order valence-corrected chi connectivity index (χ0v) is 13.2. The second-order valence-electron chi connectivity index (χ2n) is 5.26. The van der Waals surface area contributed by atoms with Crippen LogP contribution in [0.25, 0.3) is 0 Å². The quantitative estimate of drug-likeness (QED) is 0.866. The summed E-state index contributed by atoms with van der Waals surface area (Å²) in [7, 11) is 0. The molecule has 0 heterocycles. The van der Waals surface area contributed by atoms with Gasteiger partial charge in [0.1, 0.15) is 5.75 Å². The number of hydrogen-bond donors (Lipinski definition) is 1. The number of amides is 1. The first-order chi connectivity index (χ1) is 11.4. The smallest absolute Gasteiger partial charge is 0.416 e. The van der Waals surface area contributed by atoms with Crippen LogP contribution in [-0.4, -0.2) is 12.5 Å². The van der Waals surface area contributed by atoms with Crippen LogP contribution in [0.1, 0.15) is 23.6 Å². The SMILES string of the molecule is CCc1ccc(OCC(=O)NCc2ccc(C(F)(F)F)cc2)cc1. The number of carbonyl (C=O) groups excluding carboxylic acids is 1. The normalized spacial score (nSPS) is 11.2.